The van der Waals surface area contributed by atoms with Crippen LogP contribution in [-0.2, 0) is 16.9 Å². The zero-order valence-corrected chi connectivity index (χ0v) is 18.7. The third-order valence-electron chi connectivity index (χ3n) is 4.95. The van der Waals surface area contributed by atoms with Gasteiger partial charge >= 0.3 is 5.97 Å². The van der Waals surface area contributed by atoms with Gasteiger partial charge in [0.1, 0.15) is 11.6 Å². The molecule has 0 radical (unpaired) electrons. The lowest BCUT2D eigenvalue weighted by Crippen LogP contribution is -2.06. The molecule has 0 aliphatic carbocycles. The summed E-state index contributed by atoms with van der Waals surface area (Å²) in [6, 6.07) is 25.4. The summed E-state index contributed by atoms with van der Waals surface area (Å²) in [5, 5.41) is 9.73. The van der Waals surface area contributed by atoms with Crippen molar-refractivity contribution >= 4 is 17.7 Å². The second-order valence-electron chi connectivity index (χ2n) is 7.05. The van der Waals surface area contributed by atoms with E-state index in [4.69, 9.17) is 9.47 Å². The number of ether oxygens (including phenoxy) is 2. The van der Waals surface area contributed by atoms with E-state index in [1.54, 1.807) is 24.9 Å². The maximum atomic E-state index is 11.9. The lowest BCUT2D eigenvalue weighted by molar-refractivity contribution is 0.0600. The molecule has 4 rings (SSSR count). The van der Waals surface area contributed by atoms with Crippen molar-refractivity contribution in [3.8, 4) is 11.4 Å². The van der Waals surface area contributed by atoms with Gasteiger partial charge in [-0.25, -0.2) is 4.79 Å². The predicted octanol–water partition coefficient (Wildman–Crippen LogP) is 4.95. The molecule has 0 aliphatic rings. The molecule has 0 fully saturated rings. The Hall–Kier alpha value is -3.58. The van der Waals surface area contributed by atoms with E-state index < -0.39 is 0 Å². The fraction of sp³-hybridized carbons (Fsp3) is 0.160. The second-order valence-corrected chi connectivity index (χ2v) is 7.99. The first-order valence-corrected chi connectivity index (χ1v) is 11.1. The van der Waals surface area contributed by atoms with Gasteiger partial charge in [-0.15, -0.1) is 10.2 Å². The van der Waals surface area contributed by atoms with Crippen molar-refractivity contribution in [2.45, 2.75) is 17.3 Å². The van der Waals surface area contributed by atoms with Gasteiger partial charge in [0, 0.05) is 12.2 Å². The largest absolute Gasteiger partial charge is 0.495 e. The maximum Gasteiger partial charge on any atom is 0.337 e. The van der Waals surface area contributed by atoms with Crippen molar-refractivity contribution in [2.24, 2.45) is 0 Å². The highest BCUT2D eigenvalue weighted by Crippen LogP contribution is 2.31. The molecule has 1 heterocycles. The van der Waals surface area contributed by atoms with Crippen LogP contribution in [0.1, 0.15) is 27.3 Å². The SMILES string of the molecule is COC(=O)c1cccc(CSc2nnc(Cc3ccccc3)n2-c2ccccc2OC)c1. The first-order valence-electron chi connectivity index (χ1n) is 10.1. The maximum absolute atomic E-state index is 11.9. The number of thioether (sulfide) groups is 1. The molecule has 0 spiro atoms. The first-order chi connectivity index (χ1) is 15.7. The predicted molar refractivity (Wildman–Crippen MR) is 125 cm³/mol. The van der Waals surface area contributed by atoms with Crippen LogP contribution in [-0.4, -0.2) is 35.0 Å². The van der Waals surface area contributed by atoms with Gasteiger partial charge in [-0.05, 0) is 35.4 Å². The molecule has 4 aromatic rings. The number of para-hydroxylation sites is 2. The number of carbonyl (C=O) groups excluding carboxylic acids is 1. The van der Waals surface area contributed by atoms with E-state index >= 15 is 0 Å². The Labute approximate surface area is 191 Å². The van der Waals surface area contributed by atoms with Crippen LogP contribution in [0.25, 0.3) is 5.69 Å². The number of nitrogens with zero attached hydrogens (tertiary/aromatic N) is 3. The van der Waals surface area contributed by atoms with Crippen LogP contribution >= 0.6 is 11.8 Å². The lowest BCUT2D eigenvalue weighted by atomic mass is 10.1. The van der Waals surface area contributed by atoms with Crippen LogP contribution in [0, 0.1) is 0 Å². The van der Waals surface area contributed by atoms with E-state index in [1.165, 1.54) is 7.11 Å². The molecule has 0 N–H and O–H groups in total. The summed E-state index contributed by atoms with van der Waals surface area (Å²) in [6.07, 6.45) is 0.643. The smallest absolute Gasteiger partial charge is 0.337 e. The quantitative estimate of drug-likeness (QED) is 0.283. The van der Waals surface area contributed by atoms with Gasteiger partial charge in [-0.2, -0.15) is 0 Å². The van der Waals surface area contributed by atoms with Crippen molar-refractivity contribution < 1.29 is 14.3 Å². The lowest BCUT2D eigenvalue weighted by Gasteiger charge is -2.14. The van der Waals surface area contributed by atoms with E-state index in [-0.39, 0.29) is 5.97 Å². The molecule has 32 heavy (non-hydrogen) atoms. The number of aromatic nitrogens is 3. The number of hydrogen-bond donors (Lipinski definition) is 0. The Morgan fingerprint density at radius 1 is 0.906 bits per heavy atom. The van der Waals surface area contributed by atoms with E-state index in [0.717, 1.165) is 33.5 Å². The van der Waals surface area contributed by atoms with Gasteiger partial charge in [0.15, 0.2) is 5.16 Å². The van der Waals surface area contributed by atoms with Gasteiger partial charge < -0.3 is 9.47 Å². The molecule has 0 bridgehead atoms. The molecule has 0 aliphatic heterocycles. The number of carbonyl (C=O) groups is 1. The fourth-order valence-corrected chi connectivity index (χ4v) is 4.30. The molecule has 162 valence electrons. The van der Waals surface area contributed by atoms with E-state index in [0.29, 0.717) is 17.7 Å². The molecule has 0 amide bonds. The molecule has 0 atom stereocenters. The van der Waals surface area contributed by atoms with Crippen LogP contribution < -0.4 is 4.74 Å². The third kappa shape index (κ3) is 4.84. The number of rotatable bonds is 8. The molecule has 0 saturated carbocycles. The van der Waals surface area contributed by atoms with Gasteiger partial charge in [-0.3, -0.25) is 4.57 Å². The van der Waals surface area contributed by atoms with Crippen LogP contribution in [0.5, 0.6) is 5.75 Å². The average molecular weight is 446 g/mol. The topological polar surface area (TPSA) is 66.2 Å². The van der Waals surface area contributed by atoms with Crippen LogP contribution in [0.2, 0.25) is 0 Å². The summed E-state index contributed by atoms with van der Waals surface area (Å²) in [6.45, 7) is 0. The highest BCUT2D eigenvalue weighted by Gasteiger charge is 2.18. The third-order valence-corrected chi connectivity index (χ3v) is 5.95. The molecule has 6 nitrogen and oxygen atoms in total. The minimum absolute atomic E-state index is 0.348. The number of hydrogen-bond acceptors (Lipinski definition) is 6. The van der Waals surface area contributed by atoms with Gasteiger partial charge in [0.2, 0.25) is 0 Å². The normalized spacial score (nSPS) is 10.7. The van der Waals surface area contributed by atoms with Crippen molar-refractivity contribution in [3.05, 3.63) is 101 Å². The van der Waals surface area contributed by atoms with E-state index in [9.17, 15) is 4.79 Å². The zero-order chi connectivity index (χ0) is 22.3. The summed E-state index contributed by atoms with van der Waals surface area (Å²) >= 11 is 1.56. The van der Waals surface area contributed by atoms with Crippen molar-refractivity contribution in [3.63, 3.8) is 0 Å². The molecule has 1 aromatic heterocycles. The highest BCUT2D eigenvalue weighted by molar-refractivity contribution is 7.98. The van der Waals surface area contributed by atoms with Crippen LogP contribution in [0.15, 0.2) is 84.0 Å². The summed E-state index contributed by atoms with van der Waals surface area (Å²) in [7, 11) is 3.04. The van der Waals surface area contributed by atoms with Gasteiger partial charge in [0.25, 0.3) is 0 Å². The highest BCUT2D eigenvalue weighted by atomic mass is 32.2. The standard InChI is InChI=1S/C25H23N3O3S/c1-30-22-14-7-6-13-21(22)28-23(16-18-9-4-3-5-10-18)26-27-25(28)32-17-19-11-8-12-20(15-19)24(29)31-2/h3-15H,16-17H2,1-2H3. The molecular weight excluding hydrogens is 422 g/mol. The monoisotopic (exact) mass is 445 g/mol. The Balaban J connectivity index is 1.67. The van der Waals surface area contributed by atoms with Gasteiger partial charge in [0.05, 0.1) is 25.5 Å². The average Bonchev–Trinajstić information content (AvgIpc) is 3.25. The number of esters is 1. The molecule has 0 saturated heterocycles. The first kappa shape index (κ1) is 21.6. The van der Waals surface area contributed by atoms with Crippen LogP contribution in [0.3, 0.4) is 0 Å². The fourth-order valence-electron chi connectivity index (χ4n) is 3.40. The Morgan fingerprint density at radius 2 is 1.66 bits per heavy atom. The Kier molecular flexibility index (Phi) is 6.87. The van der Waals surface area contributed by atoms with Gasteiger partial charge in [-0.1, -0.05) is 66.4 Å². The van der Waals surface area contributed by atoms with Crippen molar-refractivity contribution in [1.29, 1.82) is 0 Å². The summed E-state index contributed by atoms with van der Waals surface area (Å²) in [5.41, 5.74) is 3.56. The summed E-state index contributed by atoms with van der Waals surface area (Å²) < 4.78 is 12.5. The number of benzene rings is 3. The van der Waals surface area contributed by atoms with E-state index in [2.05, 4.69) is 22.3 Å². The minimum atomic E-state index is -0.348. The zero-order valence-electron chi connectivity index (χ0n) is 17.9. The van der Waals surface area contributed by atoms with E-state index in [1.807, 2.05) is 65.2 Å². The van der Waals surface area contributed by atoms with Crippen molar-refractivity contribution in [1.82, 2.24) is 14.8 Å². The molecule has 0 unspecified atom stereocenters. The minimum Gasteiger partial charge on any atom is -0.495 e. The van der Waals surface area contributed by atoms with Crippen LogP contribution in [0.4, 0.5) is 0 Å². The second kappa shape index (κ2) is 10.2. The molecular formula is C25H23N3O3S. The Bertz CT molecular complexity index is 1210. The summed E-state index contributed by atoms with van der Waals surface area (Å²) in [5.74, 6) is 1.85. The number of methoxy groups -OCH3 is 2. The molecule has 7 heteroatoms. The summed E-state index contributed by atoms with van der Waals surface area (Å²) in [4.78, 5) is 11.9. The van der Waals surface area contributed by atoms with Crippen molar-refractivity contribution in [2.75, 3.05) is 14.2 Å². The Morgan fingerprint density at radius 3 is 2.44 bits per heavy atom. The molecule has 3 aromatic carbocycles.